The second kappa shape index (κ2) is 33.1. The van der Waals surface area contributed by atoms with E-state index in [1.807, 2.05) is 108 Å². The molecule has 0 saturated heterocycles. The summed E-state index contributed by atoms with van der Waals surface area (Å²) in [5.74, 6) is 0.920. The van der Waals surface area contributed by atoms with E-state index in [4.69, 9.17) is 19.8 Å². The minimum absolute atomic E-state index is 0. The van der Waals surface area contributed by atoms with Gasteiger partial charge in [-0.25, -0.2) is 24.7 Å². The Morgan fingerprint density at radius 3 is 1.39 bits per heavy atom. The predicted molar refractivity (Wildman–Crippen MR) is 289 cm³/mol. The van der Waals surface area contributed by atoms with Crippen LogP contribution in [0.25, 0.3) is 22.8 Å². The van der Waals surface area contributed by atoms with Crippen LogP contribution >= 0.6 is 0 Å². The number of carbonyl (C=O) groups is 2. The molecule has 2 aliphatic heterocycles. The van der Waals surface area contributed by atoms with E-state index in [1.54, 1.807) is 4.90 Å². The minimum Gasteiger partial charge on any atom is -0.481 e. The van der Waals surface area contributed by atoms with Crippen molar-refractivity contribution in [3.63, 3.8) is 0 Å². The molecule has 8 rings (SSSR count). The summed E-state index contributed by atoms with van der Waals surface area (Å²) in [6.45, 7) is 27.2. The number of rotatable bonds is 12. The van der Waals surface area contributed by atoms with Crippen LogP contribution in [0.3, 0.4) is 0 Å². The second-order valence-electron chi connectivity index (χ2n) is 17.5. The number of aryl methyl sites for hydroxylation is 4. The van der Waals surface area contributed by atoms with Gasteiger partial charge in [0, 0.05) is 98.6 Å². The first-order chi connectivity index (χ1) is 33.9. The van der Waals surface area contributed by atoms with Gasteiger partial charge >= 0.3 is 12.1 Å². The van der Waals surface area contributed by atoms with Crippen LogP contribution in [-0.2, 0) is 79.7 Å². The van der Waals surface area contributed by atoms with Gasteiger partial charge in [-0.05, 0) is 74.6 Å². The molecule has 1 radical (unpaired) electrons. The van der Waals surface area contributed by atoms with E-state index in [0.29, 0.717) is 19.5 Å². The van der Waals surface area contributed by atoms with Crippen molar-refractivity contribution in [2.75, 3.05) is 19.6 Å². The quantitative estimate of drug-likeness (QED) is 0.128. The first kappa shape index (κ1) is 61.4. The summed E-state index contributed by atoms with van der Waals surface area (Å²) in [5.41, 5.74) is 11.2. The third kappa shape index (κ3) is 20.9. The van der Waals surface area contributed by atoms with Crippen LogP contribution < -0.4 is 0 Å². The average Bonchev–Trinajstić information content (AvgIpc) is 3.39. The van der Waals surface area contributed by atoms with Crippen LogP contribution in [0.1, 0.15) is 134 Å². The Morgan fingerprint density at radius 2 is 0.986 bits per heavy atom. The summed E-state index contributed by atoms with van der Waals surface area (Å²) in [5, 5.41) is 8.97. The number of ether oxygens (including phenoxy) is 1. The fourth-order valence-corrected chi connectivity index (χ4v) is 7.92. The van der Waals surface area contributed by atoms with E-state index < -0.39 is 11.6 Å². The molecule has 0 bridgehead atoms. The Labute approximate surface area is 439 Å². The Balaban J connectivity index is 0.000000422. The van der Waals surface area contributed by atoms with Gasteiger partial charge in [-0.15, -0.1) is 0 Å². The molecule has 1 atom stereocenters. The molecule has 2 aliphatic rings. The molecule has 11 heteroatoms. The Morgan fingerprint density at radius 1 is 0.592 bits per heavy atom. The van der Waals surface area contributed by atoms with Crippen LogP contribution in [-0.4, -0.2) is 72.1 Å². The summed E-state index contributed by atoms with van der Waals surface area (Å²) in [7, 11) is 0. The third-order valence-electron chi connectivity index (χ3n) is 11.2. The molecule has 10 nitrogen and oxygen atoms in total. The number of carbonyl (C=O) groups excluding carboxylic acids is 1. The van der Waals surface area contributed by atoms with Crippen molar-refractivity contribution in [2.24, 2.45) is 5.92 Å². The number of nitrogens with zero attached hydrogens (tertiary/aromatic N) is 6. The number of aromatic nitrogens is 4. The summed E-state index contributed by atoms with van der Waals surface area (Å²) >= 11 is 0. The molecular weight excluding hydrogens is 920 g/mol. The Bertz CT molecular complexity index is 2410. The van der Waals surface area contributed by atoms with Crippen molar-refractivity contribution in [1.82, 2.24) is 29.7 Å². The van der Waals surface area contributed by atoms with E-state index in [-0.39, 0.29) is 37.0 Å². The van der Waals surface area contributed by atoms with Crippen molar-refractivity contribution in [3.8, 4) is 22.8 Å². The van der Waals surface area contributed by atoms with E-state index in [9.17, 15) is 9.59 Å². The summed E-state index contributed by atoms with van der Waals surface area (Å²) in [6.07, 6.45) is 9.39. The molecule has 0 fully saturated rings. The number of amides is 1. The molecule has 0 spiro atoms. The molecule has 0 aliphatic carbocycles. The van der Waals surface area contributed by atoms with Crippen LogP contribution in [0.5, 0.6) is 0 Å². The fourth-order valence-electron chi connectivity index (χ4n) is 7.92. The van der Waals surface area contributed by atoms with Gasteiger partial charge in [0.05, 0.1) is 17.9 Å². The Hall–Kier alpha value is -5.68. The molecule has 4 aromatic carbocycles. The van der Waals surface area contributed by atoms with Gasteiger partial charge < -0.3 is 14.7 Å². The Kier molecular flexibility index (Phi) is 28.6. The molecule has 4 heterocycles. The van der Waals surface area contributed by atoms with Gasteiger partial charge in [0.2, 0.25) is 0 Å². The van der Waals surface area contributed by atoms with Gasteiger partial charge in [-0.2, -0.15) is 0 Å². The van der Waals surface area contributed by atoms with Crippen molar-refractivity contribution in [3.05, 3.63) is 166 Å². The fraction of sp³-hybridized carbons (Fsp3) is 0.433. The third-order valence-corrected chi connectivity index (χ3v) is 11.2. The van der Waals surface area contributed by atoms with Crippen molar-refractivity contribution in [2.45, 2.75) is 147 Å². The first-order valence-electron chi connectivity index (χ1n) is 25.8. The van der Waals surface area contributed by atoms with E-state index in [2.05, 4.69) is 112 Å². The molecule has 6 aromatic rings. The summed E-state index contributed by atoms with van der Waals surface area (Å²) in [4.78, 5) is 46.1. The van der Waals surface area contributed by atoms with Gasteiger partial charge in [0.1, 0.15) is 5.60 Å². The van der Waals surface area contributed by atoms with Crippen LogP contribution in [0.2, 0.25) is 0 Å². The molecular formula is C60H82N6O4V. The van der Waals surface area contributed by atoms with E-state index in [0.717, 1.165) is 97.0 Å². The summed E-state index contributed by atoms with van der Waals surface area (Å²) in [6, 6.07) is 38.2. The minimum atomic E-state index is -0.732. The predicted octanol–water partition coefficient (Wildman–Crippen LogP) is 13.7. The molecule has 381 valence electrons. The zero-order valence-corrected chi connectivity index (χ0v) is 46.3. The van der Waals surface area contributed by atoms with Crippen LogP contribution in [0.15, 0.2) is 122 Å². The molecule has 71 heavy (non-hydrogen) atoms. The standard InChI is InChI=1S/2C26H29N3O2.4C2H6.V/c1-26(2,3)31-25(30)29-16-15-23-22(18-29)17-27-24(28-23)21-13-11-20(12-14-21)10-9-19-7-5-4-6-8-19;1-19(15-25(30)31)17-29-14-13-24-23(18-29)16-27-26(28-24)22-11-9-21(10-12-22)8-7-20-5-3-2-4-6-20;4*1-2;/h4-8,11-14,17H,9-10,15-16,18H2,1-3H3;2-6,9-12,16,19H,7-8,13-15,17-18H2,1H3,(H,30,31);4*1-2H3;. The number of carboxylic acid groups (broad SMARTS) is 1. The maximum Gasteiger partial charge on any atom is 0.410 e. The van der Waals surface area contributed by atoms with Gasteiger partial charge in [-0.3, -0.25) is 9.69 Å². The number of fused-ring (bicyclic) bond motifs is 2. The van der Waals surface area contributed by atoms with Crippen molar-refractivity contribution >= 4 is 12.1 Å². The molecule has 1 N–H and O–H groups in total. The molecule has 1 amide bonds. The topological polar surface area (TPSA) is 122 Å². The smallest absolute Gasteiger partial charge is 0.410 e. The monoisotopic (exact) mass is 1000 g/mol. The largest absolute Gasteiger partial charge is 0.481 e. The maximum atomic E-state index is 12.4. The van der Waals surface area contributed by atoms with E-state index in [1.165, 1.54) is 22.3 Å². The molecule has 2 aromatic heterocycles. The molecule has 1 unspecified atom stereocenters. The summed E-state index contributed by atoms with van der Waals surface area (Å²) < 4.78 is 5.49. The van der Waals surface area contributed by atoms with Gasteiger partial charge in [-0.1, -0.05) is 172 Å². The van der Waals surface area contributed by atoms with E-state index >= 15 is 0 Å². The average molecular weight is 1000 g/mol. The van der Waals surface area contributed by atoms with Gasteiger partial charge in [0.15, 0.2) is 11.6 Å². The number of hydrogen-bond acceptors (Lipinski definition) is 8. The number of hydrogen-bond donors (Lipinski definition) is 1. The van der Waals surface area contributed by atoms with Crippen molar-refractivity contribution in [1.29, 1.82) is 0 Å². The van der Waals surface area contributed by atoms with Crippen LogP contribution in [0.4, 0.5) is 4.79 Å². The maximum absolute atomic E-state index is 12.4. The number of benzene rings is 4. The number of aliphatic carboxylic acids is 1. The zero-order valence-electron chi connectivity index (χ0n) is 44.9. The zero-order chi connectivity index (χ0) is 51.5. The SMILES string of the molecule is CC.CC.CC.CC.CC(C)(C)OC(=O)N1CCc2nc(-c3ccc(CCc4ccccc4)cc3)ncc2C1.CC(CC(=O)O)CN1CCc2nc(-c3ccc(CCc4ccccc4)cc3)ncc2C1.[V]. The van der Waals surface area contributed by atoms with Gasteiger partial charge in [0.25, 0.3) is 0 Å². The molecule has 0 saturated carbocycles. The van der Waals surface area contributed by atoms with Crippen molar-refractivity contribution < 1.29 is 38.0 Å². The normalized spacial score (nSPS) is 12.7. The first-order valence-corrected chi connectivity index (χ1v) is 25.8. The number of carboxylic acids is 1. The second-order valence-corrected chi connectivity index (χ2v) is 17.5. The van der Waals surface area contributed by atoms with Crippen LogP contribution in [0, 0.1) is 5.92 Å².